The number of aromatic nitrogens is 4. The fourth-order valence-corrected chi connectivity index (χ4v) is 5.82. The van der Waals surface area contributed by atoms with Crippen LogP contribution in [0.5, 0.6) is 0 Å². The van der Waals surface area contributed by atoms with Crippen LogP contribution in [0.2, 0.25) is 0 Å². The molecule has 3 aromatic heterocycles. The van der Waals surface area contributed by atoms with Gasteiger partial charge in [-0.1, -0.05) is 60.7 Å². The van der Waals surface area contributed by atoms with Gasteiger partial charge in [0.05, 0.1) is 44.2 Å². The summed E-state index contributed by atoms with van der Waals surface area (Å²) in [6, 6.07) is 35.0. The summed E-state index contributed by atoms with van der Waals surface area (Å²) in [5, 5.41) is 40.8. The Labute approximate surface area is 262 Å². The van der Waals surface area contributed by atoms with Crippen molar-refractivity contribution in [3.8, 4) is 46.5 Å². The Morgan fingerprint density at radius 3 is 1.15 bits per heavy atom. The van der Waals surface area contributed by atoms with Gasteiger partial charge in [-0.2, -0.15) is 21.0 Å². The molecule has 0 fully saturated rings. The average Bonchev–Trinajstić information content (AvgIpc) is 3.93. The lowest BCUT2D eigenvalue weighted by Gasteiger charge is -2.04. The fraction of sp³-hybridized carbons (Fsp3) is 0. The van der Waals surface area contributed by atoms with Gasteiger partial charge in [0.1, 0.15) is 35.4 Å². The van der Waals surface area contributed by atoms with E-state index >= 15 is 0 Å². The number of nitrogens with zero attached hydrogens (tertiary/aromatic N) is 6. The summed E-state index contributed by atoms with van der Waals surface area (Å²) in [4.78, 5) is 16.8. The number of benzene rings is 2. The number of aromatic amines is 2. The minimum Gasteiger partial charge on any atom is -0.354 e. The van der Waals surface area contributed by atoms with Gasteiger partial charge in [0.15, 0.2) is 0 Å². The van der Waals surface area contributed by atoms with Crippen LogP contribution in [0.15, 0.2) is 84.9 Å². The van der Waals surface area contributed by atoms with Crippen molar-refractivity contribution in [2.24, 2.45) is 0 Å². The predicted octanol–water partition coefficient (Wildman–Crippen LogP) is 6.39. The molecular formula is C38H20N8. The highest BCUT2D eigenvalue weighted by Crippen LogP contribution is 2.31. The van der Waals surface area contributed by atoms with Gasteiger partial charge in [-0.3, -0.25) is 0 Å². The maximum atomic E-state index is 10.0. The van der Waals surface area contributed by atoms with Crippen LogP contribution in [-0.2, 0) is 0 Å². The van der Waals surface area contributed by atoms with Gasteiger partial charge in [0.25, 0.3) is 0 Å². The van der Waals surface area contributed by atoms with Gasteiger partial charge in [0, 0.05) is 22.2 Å². The Kier molecular flexibility index (Phi) is 6.85. The molecule has 2 aliphatic heterocycles. The second-order valence-corrected chi connectivity index (χ2v) is 10.4. The number of rotatable bonds is 2. The zero-order valence-corrected chi connectivity index (χ0v) is 24.1. The molecular weight excluding hydrogens is 568 g/mol. The maximum Gasteiger partial charge on any atom is 0.141 e. The largest absolute Gasteiger partial charge is 0.354 e. The summed E-state index contributed by atoms with van der Waals surface area (Å²) in [6.45, 7) is 0. The molecule has 212 valence electrons. The van der Waals surface area contributed by atoms with Gasteiger partial charge in [-0.05, 0) is 59.7 Å². The molecule has 0 saturated carbocycles. The van der Waals surface area contributed by atoms with Crippen LogP contribution in [0, 0.1) is 45.3 Å². The van der Waals surface area contributed by atoms with Crippen molar-refractivity contribution in [1.82, 2.24) is 19.9 Å². The lowest BCUT2D eigenvalue weighted by atomic mass is 10.0. The van der Waals surface area contributed by atoms with Crippen molar-refractivity contribution < 1.29 is 0 Å². The van der Waals surface area contributed by atoms with Gasteiger partial charge >= 0.3 is 0 Å². The zero-order valence-electron chi connectivity index (χ0n) is 24.1. The van der Waals surface area contributed by atoms with E-state index in [1.165, 1.54) is 0 Å². The summed E-state index contributed by atoms with van der Waals surface area (Å²) >= 11 is 0. The molecule has 46 heavy (non-hydrogen) atoms. The van der Waals surface area contributed by atoms with E-state index in [4.69, 9.17) is 9.97 Å². The van der Waals surface area contributed by atoms with Crippen molar-refractivity contribution in [2.75, 3.05) is 0 Å². The van der Waals surface area contributed by atoms with Crippen LogP contribution >= 0.6 is 0 Å². The molecule has 5 heterocycles. The molecule has 0 amide bonds. The molecule has 0 saturated heterocycles. The molecule has 0 unspecified atom stereocenters. The van der Waals surface area contributed by atoms with Gasteiger partial charge in [-0.25, -0.2) is 9.97 Å². The van der Waals surface area contributed by atoms with E-state index in [-0.39, 0.29) is 11.1 Å². The minimum absolute atomic E-state index is 0.0760. The number of H-pyrrole nitrogens is 2. The number of hydrogen-bond acceptors (Lipinski definition) is 6. The van der Waals surface area contributed by atoms with Crippen LogP contribution in [0.25, 0.3) is 79.8 Å². The van der Waals surface area contributed by atoms with E-state index in [2.05, 4.69) is 34.2 Å². The van der Waals surface area contributed by atoms with E-state index in [1.807, 2.05) is 97.1 Å². The first-order valence-corrected chi connectivity index (χ1v) is 14.3. The van der Waals surface area contributed by atoms with Gasteiger partial charge in [-0.15, -0.1) is 0 Å². The van der Waals surface area contributed by atoms with Gasteiger partial charge < -0.3 is 9.97 Å². The second kappa shape index (κ2) is 11.4. The topological polar surface area (TPSA) is 153 Å². The zero-order chi connectivity index (χ0) is 31.6. The van der Waals surface area contributed by atoms with Crippen molar-refractivity contribution in [3.63, 3.8) is 0 Å². The standard InChI is InChI=1S/C38H20N8/c39-19-25(20-40)37-31-15-11-27(43-31)35(23-7-3-1-4-8-23)28-12-16-32(44-28)38(26(21-41)22-42)34-18-14-30(46-34)36(24-9-5-2-6-10-24)29-13-17-33(37)45-29/h1-18,43,46H. The number of hydrogen-bond donors (Lipinski definition) is 2. The van der Waals surface area contributed by atoms with Crippen molar-refractivity contribution in [1.29, 1.82) is 21.0 Å². The maximum absolute atomic E-state index is 10.0. The number of nitriles is 4. The van der Waals surface area contributed by atoms with Crippen molar-refractivity contribution >= 4 is 57.5 Å². The molecule has 2 aliphatic rings. The quantitative estimate of drug-likeness (QED) is 0.239. The Hall–Kier alpha value is -7.26. The lowest BCUT2D eigenvalue weighted by molar-refractivity contribution is 1.28. The van der Waals surface area contributed by atoms with Crippen LogP contribution in [0.1, 0.15) is 22.8 Å². The highest BCUT2D eigenvalue weighted by molar-refractivity contribution is 5.95. The SMILES string of the molecule is N#CC(C#N)=c1c2nc(c(-c3ccccc3)c3ccc([nH]3)c(=C(C#N)C#N)c3nc(c(-c4ccccc4)c4ccc1[nH]4)C=C3)C=C2. The Morgan fingerprint density at radius 1 is 0.435 bits per heavy atom. The molecule has 2 aromatic carbocycles. The minimum atomic E-state index is -0.0760. The van der Waals surface area contributed by atoms with Gasteiger partial charge in [0.2, 0.25) is 0 Å². The molecule has 8 heteroatoms. The highest BCUT2D eigenvalue weighted by Gasteiger charge is 2.16. The van der Waals surface area contributed by atoms with E-state index < -0.39 is 0 Å². The van der Waals surface area contributed by atoms with E-state index in [0.717, 1.165) is 22.3 Å². The molecule has 8 bridgehead atoms. The first-order chi connectivity index (χ1) is 22.6. The summed E-state index contributed by atoms with van der Waals surface area (Å²) < 4.78 is 0. The van der Waals surface area contributed by atoms with Crippen molar-refractivity contribution in [2.45, 2.75) is 0 Å². The highest BCUT2D eigenvalue weighted by atomic mass is 14.8. The third-order valence-corrected chi connectivity index (χ3v) is 7.83. The van der Waals surface area contributed by atoms with Crippen LogP contribution in [-0.4, -0.2) is 19.9 Å². The van der Waals surface area contributed by atoms with Crippen LogP contribution in [0.3, 0.4) is 0 Å². The molecule has 0 aliphatic carbocycles. The summed E-state index contributed by atoms with van der Waals surface area (Å²) in [7, 11) is 0. The molecule has 0 spiro atoms. The number of fused-ring (bicyclic) bond motifs is 8. The summed E-state index contributed by atoms with van der Waals surface area (Å²) in [5.74, 6) is 0. The lowest BCUT2D eigenvalue weighted by Crippen LogP contribution is -2.10. The molecule has 2 N–H and O–H groups in total. The number of nitrogens with one attached hydrogen (secondary N) is 2. The van der Waals surface area contributed by atoms with E-state index in [0.29, 0.717) is 55.3 Å². The fourth-order valence-electron chi connectivity index (χ4n) is 5.82. The third kappa shape index (κ3) is 4.62. The normalized spacial score (nSPS) is 11.2. The predicted molar refractivity (Wildman–Crippen MR) is 178 cm³/mol. The third-order valence-electron chi connectivity index (χ3n) is 7.83. The first kappa shape index (κ1) is 27.6. The average molecular weight is 589 g/mol. The summed E-state index contributed by atoms with van der Waals surface area (Å²) in [5.41, 5.74) is 7.74. The van der Waals surface area contributed by atoms with Crippen LogP contribution < -0.4 is 10.4 Å². The monoisotopic (exact) mass is 588 g/mol. The van der Waals surface area contributed by atoms with E-state index in [9.17, 15) is 21.0 Å². The van der Waals surface area contributed by atoms with Crippen LogP contribution in [0.4, 0.5) is 0 Å². The van der Waals surface area contributed by atoms with E-state index in [1.54, 1.807) is 12.2 Å². The summed E-state index contributed by atoms with van der Waals surface area (Å²) in [6.07, 6.45) is 7.30. The molecule has 0 atom stereocenters. The Bertz CT molecular complexity index is 2390. The smallest absolute Gasteiger partial charge is 0.141 e. The molecule has 7 rings (SSSR count). The molecule has 0 radical (unpaired) electrons. The molecule has 5 aromatic rings. The Morgan fingerprint density at radius 2 is 0.783 bits per heavy atom. The Balaban J connectivity index is 1.79. The van der Waals surface area contributed by atoms with Crippen molar-refractivity contribution in [3.05, 3.63) is 118 Å². The first-order valence-electron chi connectivity index (χ1n) is 14.3. The molecule has 8 nitrogen and oxygen atoms in total. The second-order valence-electron chi connectivity index (χ2n) is 10.4.